The van der Waals surface area contributed by atoms with E-state index in [1.807, 2.05) is 26.1 Å². The highest BCUT2D eigenvalue weighted by Gasteiger charge is 2.29. The zero-order chi connectivity index (χ0) is 22.2. The van der Waals surface area contributed by atoms with Crippen molar-refractivity contribution < 1.29 is 0 Å². The Kier molecular flexibility index (Phi) is 4.81. The van der Waals surface area contributed by atoms with Crippen LogP contribution in [0.3, 0.4) is 0 Å². The Morgan fingerprint density at radius 1 is 1.06 bits per heavy atom. The van der Waals surface area contributed by atoms with Crippen molar-refractivity contribution in [3.63, 3.8) is 0 Å². The summed E-state index contributed by atoms with van der Waals surface area (Å²) in [7, 11) is 0. The molecule has 0 radical (unpaired) electrons. The molecule has 1 fully saturated rings. The van der Waals surface area contributed by atoms with Crippen LogP contribution >= 0.6 is 0 Å². The van der Waals surface area contributed by atoms with Gasteiger partial charge in [-0.05, 0) is 54.8 Å². The number of nitriles is 1. The van der Waals surface area contributed by atoms with Gasteiger partial charge in [-0.25, -0.2) is 0 Å². The predicted molar refractivity (Wildman–Crippen MR) is 126 cm³/mol. The summed E-state index contributed by atoms with van der Waals surface area (Å²) in [6.45, 7) is 5.71. The second-order valence-corrected chi connectivity index (χ2v) is 8.26. The van der Waals surface area contributed by atoms with E-state index in [4.69, 9.17) is 6.42 Å². The number of nitrogens with zero attached hydrogens (tertiary/aromatic N) is 5. The highest BCUT2D eigenvalue weighted by Crippen LogP contribution is 2.35. The molecule has 0 N–H and O–H groups in total. The molecule has 0 unspecified atom stereocenters. The first kappa shape index (κ1) is 19.7. The van der Waals surface area contributed by atoms with Gasteiger partial charge in [0.15, 0.2) is 0 Å². The van der Waals surface area contributed by atoms with Crippen molar-refractivity contribution in [3.05, 3.63) is 82.8 Å². The molecule has 5 rings (SSSR count). The molecule has 2 aromatic carbocycles. The van der Waals surface area contributed by atoms with Gasteiger partial charge in [0, 0.05) is 47.4 Å². The van der Waals surface area contributed by atoms with Crippen LogP contribution in [0.5, 0.6) is 0 Å². The molecule has 1 aliphatic rings. The van der Waals surface area contributed by atoms with Crippen molar-refractivity contribution in [2.75, 3.05) is 18.0 Å². The molecule has 3 heterocycles. The summed E-state index contributed by atoms with van der Waals surface area (Å²) < 4.78 is 0. The first-order chi connectivity index (χ1) is 15.6. The molecule has 1 saturated heterocycles. The molecule has 32 heavy (non-hydrogen) atoms. The summed E-state index contributed by atoms with van der Waals surface area (Å²) in [5.74, 6) is 3.07. The Hall–Kier alpha value is -4.22. The van der Waals surface area contributed by atoms with Gasteiger partial charge in [0.05, 0.1) is 23.0 Å². The average molecular weight is 416 g/mol. The third-order valence-corrected chi connectivity index (χ3v) is 6.19. The van der Waals surface area contributed by atoms with E-state index >= 15 is 0 Å². The van der Waals surface area contributed by atoms with E-state index in [1.165, 1.54) is 11.3 Å². The van der Waals surface area contributed by atoms with E-state index in [0.29, 0.717) is 17.0 Å². The summed E-state index contributed by atoms with van der Waals surface area (Å²) >= 11 is 0. The lowest BCUT2D eigenvalue weighted by molar-refractivity contribution is 0.525. The monoisotopic (exact) mass is 415 g/mol. The van der Waals surface area contributed by atoms with Crippen LogP contribution in [-0.4, -0.2) is 28.3 Å². The van der Waals surface area contributed by atoms with Gasteiger partial charge in [-0.15, -0.1) is 6.42 Å². The van der Waals surface area contributed by atoms with E-state index in [0.717, 1.165) is 46.4 Å². The molecule has 4 aromatic rings. The normalized spacial score (nSPS) is 13.4. The fourth-order valence-corrected chi connectivity index (χ4v) is 4.36. The van der Waals surface area contributed by atoms with Crippen molar-refractivity contribution in [3.8, 4) is 29.5 Å². The van der Waals surface area contributed by atoms with Crippen LogP contribution < -0.4 is 4.90 Å². The van der Waals surface area contributed by atoms with E-state index < -0.39 is 0 Å². The maximum atomic E-state index is 9.35. The topological polar surface area (TPSA) is 65.7 Å². The van der Waals surface area contributed by atoms with Gasteiger partial charge in [-0.1, -0.05) is 24.1 Å². The maximum Gasteiger partial charge on any atom is 0.101 e. The molecule has 5 nitrogen and oxygen atoms in total. The van der Waals surface area contributed by atoms with E-state index in [-0.39, 0.29) is 0 Å². The lowest BCUT2D eigenvalue weighted by Gasteiger charge is -2.41. The SMILES string of the molecule is C#Cc1cc(C2CN(c3cccc(-c4cnc5c(C)nncc5c4)c3)C2)cc(C)c1C#N. The van der Waals surface area contributed by atoms with Crippen LogP contribution in [0.15, 0.2) is 54.9 Å². The quantitative estimate of drug-likeness (QED) is 0.451. The summed E-state index contributed by atoms with van der Waals surface area (Å²) in [4.78, 5) is 6.96. The highest BCUT2D eigenvalue weighted by molar-refractivity contribution is 5.84. The van der Waals surface area contributed by atoms with Crippen LogP contribution in [0, 0.1) is 37.5 Å². The summed E-state index contributed by atoms with van der Waals surface area (Å²) in [6, 6.07) is 17.0. The summed E-state index contributed by atoms with van der Waals surface area (Å²) in [5, 5.41) is 18.5. The third-order valence-electron chi connectivity index (χ3n) is 6.19. The van der Waals surface area contributed by atoms with Crippen molar-refractivity contribution in [2.24, 2.45) is 0 Å². The third kappa shape index (κ3) is 3.35. The Labute approximate surface area is 187 Å². The fraction of sp³-hybridized carbons (Fsp3) is 0.185. The number of hydrogen-bond donors (Lipinski definition) is 0. The molecular weight excluding hydrogens is 394 g/mol. The number of pyridine rings is 1. The van der Waals surface area contributed by atoms with E-state index in [9.17, 15) is 5.26 Å². The second-order valence-electron chi connectivity index (χ2n) is 8.26. The Balaban J connectivity index is 1.38. The number of rotatable bonds is 3. The molecule has 0 aliphatic carbocycles. The molecule has 1 aliphatic heterocycles. The Morgan fingerprint density at radius 3 is 2.69 bits per heavy atom. The van der Waals surface area contributed by atoms with Crippen molar-refractivity contribution >= 4 is 16.6 Å². The minimum absolute atomic E-state index is 0.404. The molecule has 0 spiro atoms. The zero-order valence-electron chi connectivity index (χ0n) is 18.0. The molecule has 0 bridgehead atoms. The molecule has 0 amide bonds. The van der Waals surface area contributed by atoms with Gasteiger partial charge in [-0.2, -0.15) is 15.5 Å². The lowest BCUT2D eigenvalue weighted by Crippen LogP contribution is -2.45. The van der Waals surface area contributed by atoms with Gasteiger partial charge in [-0.3, -0.25) is 4.98 Å². The smallest absolute Gasteiger partial charge is 0.101 e. The first-order valence-corrected chi connectivity index (χ1v) is 10.5. The molecule has 0 saturated carbocycles. The Morgan fingerprint density at radius 2 is 1.91 bits per heavy atom. The predicted octanol–water partition coefficient (Wildman–Crippen LogP) is 4.77. The van der Waals surface area contributed by atoms with Gasteiger partial charge in [0.25, 0.3) is 0 Å². The standard InChI is InChI=1S/C27H21N5/c1-4-19-9-21(8-17(2)26(19)12-28)24-15-32(16-24)25-7-5-6-20(11-25)22-10-23-14-30-31-18(3)27(23)29-13-22/h1,5-11,13-14,24H,15-16H2,2-3H3. The maximum absolute atomic E-state index is 9.35. The first-order valence-electron chi connectivity index (χ1n) is 10.5. The Bertz CT molecular complexity index is 1440. The molecular formula is C27H21N5. The average Bonchev–Trinajstić information content (AvgIpc) is 2.78. The van der Waals surface area contributed by atoms with Crippen molar-refractivity contribution in [1.82, 2.24) is 15.2 Å². The number of aromatic nitrogens is 3. The van der Waals surface area contributed by atoms with E-state index in [2.05, 4.69) is 68.5 Å². The van der Waals surface area contributed by atoms with Crippen LogP contribution in [0.1, 0.15) is 33.9 Å². The largest absolute Gasteiger partial charge is 0.370 e. The minimum atomic E-state index is 0.404. The molecule has 154 valence electrons. The lowest BCUT2D eigenvalue weighted by atomic mass is 9.87. The number of terminal acetylenes is 1. The van der Waals surface area contributed by atoms with Crippen LogP contribution in [0.4, 0.5) is 5.69 Å². The summed E-state index contributed by atoms with van der Waals surface area (Å²) in [5.41, 5.74) is 8.53. The van der Waals surface area contributed by atoms with Gasteiger partial charge >= 0.3 is 0 Å². The zero-order valence-corrected chi connectivity index (χ0v) is 18.0. The minimum Gasteiger partial charge on any atom is -0.370 e. The van der Waals surface area contributed by atoms with Crippen LogP contribution in [0.2, 0.25) is 0 Å². The van der Waals surface area contributed by atoms with Gasteiger partial charge in [0.1, 0.15) is 6.07 Å². The number of benzene rings is 2. The van der Waals surface area contributed by atoms with Crippen LogP contribution in [-0.2, 0) is 0 Å². The van der Waals surface area contributed by atoms with E-state index in [1.54, 1.807) is 6.20 Å². The van der Waals surface area contributed by atoms with Crippen molar-refractivity contribution in [2.45, 2.75) is 19.8 Å². The second kappa shape index (κ2) is 7.80. The molecule has 5 heteroatoms. The highest BCUT2D eigenvalue weighted by atomic mass is 15.2. The van der Waals surface area contributed by atoms with Gasteiger partial charge in [0.2, 0.25) is 0 Å². The number of anilines is 1. The van der Waals surface area contributed by atoms with Crippen LogP contribution in [0.25, 0.3) is 22.0 Å². The molecule has 0 atom stereocenters. The number of aryl methyl sites for hydroxylation is 2. The fourth-order valence-electron chi connectivity index (χ4n) is 4.36. The van der Waals surface area contributed by atoms with Gasteiger partial charge < -0.3 is 4.90 Å². The number of hydrogen-bond acceptors (Lipinski definition) is 5. The summed E-state index contributed by atoms with van der Waals surface area (Å²) in [6.07, 6.45) is 9.29. The van der Waals surface area contributed by atoms with Crippen molar-refractivity contribution in [1.29, 1.82) is 5.26 Å². The number of fused-ring (bicyclic) bond motifs is 1. The molecule has 2 aromatic heterocycles.